The van der Waals surface area contributed by atoms with Crippen molar-refractivity contribution in [3.63, 3.8) is 0 Å². The van der Waals surface area contributed by atoms with Crippen LogP contribution in [0.2, 0.25) is 0 Å². The fraction of sp³-hybridized carbons (Fsp3) is 0.647. The van der Waals surface area contributed by atoms with Gasteiger partial charge in [0.15, 0.2) is 0 Å². The molecule has 0 aliphatic heterocycles. The third kappa shape index (κ3) is 4.84. The van der Waals surface area contributed by atoms with Crippen molar-refractivity contribution in [1.29, 1.82) is 0 Å². The Labute approximate surface area is 134 Å². The second kappa shape index (κ2) is 6.35. The molecule has 5 heteroatoms. The highest BCUT2D eigenvalue weighted by Crippen LogP contribution is 2.50. The summed E-state index contributed by atoms with van der Waals surface area (Å²) in [4.78, 5) is 9.93. The molecule has 22 heavy (non-hydrogen) atoms. The fourth-order valence-electron chi connectivity index (χ4n) is 2.29. The molecule has 1 N–H and O–H groups in total. The van der Waals surface area contributed by atoms with E-state index < -0.39 is 7.82 Å². The lowest BCUT2D eigenvalue weighted by Crippen LogP contribution is -2.20. The van der Waals surface area contributed by atoms with Crippen LogP contribution in [0.1, 0.15) is 65.2 Å². The van der Waals surface area contributed by atoms with Crippen LogP contribution in [-0.4, -0.2) is 11.5 Å². The van der Waals surface area contributed by atoms with Crippen LogP contribution < -0.4 is 4.52 Å². The van der Waals surface area contributed by atoms with Crippen molar-refractivity contribution >= 4 is 7.82 Å². The minimum Gasteiger partial charge on any atom is -0.404 e. The number of rotatable bonds is 4. The molecule has 0 saturated carbocycles. The first-order chi connectivity index (χ1) is 9.78. The van der Waals surface area contributed by atoms with Crippen molar-refractivity contribution in [3.05, 3.63) is 28.8 Å². The van der Waals surface area contributed by atoms with Gasteiger partial charge in [0.1, 0.15) is 5.75 Å². The third-order valence-corrected chi connectivity index (χ3v) is 4.35. The summed E-state index contributed by atoms with van der Waals surface area (Å²) in [5, 5.41) is 0. The predicted molar refractivity (Wildman–Crippen MR) is 90.7 cm³/mol. The van der Waals surface area contributed by atoms with E-state index in [0.717, 1.165) is 16.7 Å². The number of aryl methyl sites for hydroxylation is 1. The largest absolute Gasteiger partial charge is 0.527 e. The maximum atomic E-state index is 12.1. The Bertz CT molecular complexity index is 544. The van der Waals surface area contributed by atoms with Gasteiger partial charge in [0.05, 0.1) is 6.61 Å². The molecule has 0 saturated heterocycles. The van der Waals surface area contributed by atoms with Gasteiger partial charge < -0.3 is 4.52 Å². The van der Waals surface area contributed by atoms with Crippen LogP contribution in [0.5, 0.6) is 5.75 Å². The second-order valence-electron chi connectivity index (χ2n) is 7.67. The number of benzene rings is 1. The summed E-state index contributed by atoms with van der Waals surface area (Å²) >= 11 is 0. The van der Waals surface area contributed by atoms with E-state index in [2.05, 4.69) is 41.5 Å². The Kier molecular flexibility index (Phi) is 5.55. The predicted octanol–water partition coefficient (Wildman–Crippen LogP) is 5.11. The molecule has 1 aromatic carbocycles. The van der Waals surface area contributed by atoms with E-state index >= 15 is 0 Å². The lowest BCUT2D eigenvalue weighted by atomic mass is 9.78. The molecule has 0 spiro atoms. The molecule has 4 nitrogen and oxygen atoms in total. The molecule has 0 heterocycles. The highest BCUT2D eigenvalue weighted by atomic mass is 31.2. The average molecular weight is 328 g/mol. The lowest BCUT2D eigenvalue weighted by Gasteiger charge is -2.30. The van der Waals surface area contributed by atoms with Crippen LogP contribution in [0.4, 0.5) is 0 Å². The summed E-state index contributed by atoms with van der Waals surface area (Å²) in [6, 6.07) is 4.02. The Morgan fingerprint density at radius 1 is 1.05 bits per heavy atom. The van der Waals surface area contributed by atoms with Gasteiger partial charge in [-0.2, -0.15) is 0 Å². The Balaban J connectivity index is 3.60. The van der Waals surface area contributed by atoms with Crippen molar-refractivity contribution in [2.45, 2.75) is 66.2 Å². The molecular weight excluding hydrogens is 299 g/mol. The minimum absolute atomic E-state index is 0.120. The Morgan fingerprint density at radius 3 is 1.77 bits per heavy atom. The van der Waals surface area contributed by atoms with Gasteiger partial charge in [0.25, 0.3) is 0 Å². The van der Waals surface area contributed by atoms with Crippen LogP contribution in [0, 0.1) is 6.92 Å². The van der Waals surface area contributed by atoms with Crippen LogP contribution >= 0.6 is 7.82 Å². The first kappa shape index (κ1) is 19.2. The summed E-state index contributed by atoms with van der Waals surface area (Å²) in [6.45, 7) is 16.2. The first-order valence-corrected chi connectivity index (χ1v) is 9.10. The zero-order valence-electron chi connectivity index (χ0n) is 15.0. The molecule has 0 amide bonds. The van der Waals surface area contributed by atoms with Gasteiger partial charge in [-0.05, 0) is 24.7 Å². The molecule has 0 aliphatic rings. The molecule has 126 valence electrons. The van der Waals surface area contributed by atoms with Crippen LogP contribution in [0.25, 0.3) is 0 Å². The van der Waals surface area contributed by atoms with E-state index in [4.69, 9.17) is 9.05 Å². The van der Waals surface area contributed by atoms with Gasteiger partial charge in [-0.15, -0.1) is 0 Å². The summed E-state index contributed by atoms with van der Waals surface area (Å²) < 4.78 is 22.5. The molecule has 1 unspecified atom stereocenters. The van der Waals surface area contributed by atoms with Crippen molar-refractivity contribution in [3.8, 4) is 5.75 Å². The highest BCUT2D eigenvalue weighted by Gasteiger charge is 2.32. The fourth-order valence-corrected chi connectivity index (χ4v) is 3.10. The van der Waals surface area contributed by atoms with Crippen molar-refractivity contribution in [2.24, 2.45) is 0 Å². The van der Waals surface area contributed by atoms with E-state index in [-0.39, 0.29) is 17.4 Å². The zero-order valence-corrected chi connectivity index (χ0v) is 15.9. The third-order valence-electron chi connectivity index (χ3n) is 3.35. The smallest absolute Gasteiger partial charge is 0.404 e. The highest BCUT2D eigenvalue weighted by molar-refractivity contribution is 7.47. The van der Waals surface area contributed by atoms with E-state index in [1.807, 2.05) is 19.1 Å². The monoisotopic (exact) mass is 328 g/mol. The maximum Gasteiger partial charge on any atom is 0.527 e. The van der Waals surface area contributed by atoms with Crippen molar-refractivity contribution in [1.82, 2.24) is 0 Å². The molecule has 1 atom stereocenters. The molecule has 0 radical (unpaired) electrons. The van der Waals surface area contributed by atoms with Crippen LogP contribution in [0.15, 0.2) is 12.1 Å². The average Bonchev–Trinajstić information content (AvgIpc) is 2.27. The molecule has 0 aliphatic carbocycles. The van der Waals surface area contributed by atoms with Gasteiger partial charge >= 0.3 is 7.82 Å². The standard InChI is InChI=1S/C17H29O4P/c1-9-20-22(18,19)21-15-13(16(3,4)5)10-12(2)11-14(15)17(6,7)8/h10-11H,9H2,1-8H3,(H,18,19). The van der Waals surface area contributed by atoms with E-state index in [0.29, 0.717) is 5.75 Å². The van der Waals surface area contributed by atoms with Crippen LogP contribution in [-0.2, 0) is 19.9 Å². The van der Waals surface area contributed by atoms with E-state index in [1.165, 1.54) is 0 Å². The lowest BCUT2D eigenvalue weighted by molar-refractivity contribution is 0.210. The quantitative estimate of drug-likeness (QED) is 0.781. The molecular formula is C17H29O4P. The Hall–Kier alpha value is -0.830. The topological polar surface area (TPSA) is 55.8 Å². The van der Waals surface area contributed by atoms with Gasteiger partial charge in [0.2, 0.25) is 0 Å². The zero-order chi connectivity index (χ0) is 17.3. The van der Waals surface area contributed by atoms with E-state index in [9.17, 15) is 9.46 Å². The van der Waals surface area contributed by atoms with Gasteiger partial charge in [-0.1, -0.05) is 59.2 Å². The van der Waals surface area contributed by atoms with Crippen molar-refractivity contribution < 1.29 is 18.5 Å². The maximum absolute atomic E-state index is 12.1. The molecule has 1 rings (SSSR count). The van der Waals surface area contributed by atoms with Gasteiger partial charge in [-0.25, -0.2) is 4.57 Å². The van der Waals surface area contributed by atoms with E-state index in [1.54, 1.807) is 6.92 Å². The molecule has 0 fully saturated rings. The summed E-state index contributed by atoms with van der Waals surface area (Å²) in [5.74, 6) is 0.463. The van der Waals surface area contributed by atoms with Crippen molar-refractivity contribution in [2.75, 3.05) is 6.61 Å². The van der Waals surface area contributed by atoms with Gasteiger partial charge in [0, 0.05) is 11.1 Å². The number of hydrogen-bond acceptors (Lipinski definition) is 3. The Morgan fingerprint density at radius 2 is 1.45 bits per heavy atom. The number of hydrogen-bond donors (Lipinski definition) is 1. The first-order valence-electron chi connectivity index (χ1n) is 7.60. The second-order valence-corrected chi connectivity index (χ2v) is 9.04. The molecule has 1 aromatic rings. The summed E-state index contributed by atoms with van der Waals surface area (Å²) in [5.41, 5.74) is 2.49. The van der Waals surface area contributed by atoms with Gasteiger partial charge in [-0.3, -0.25) is 9.42 Å². The molecule has 0 bridgehead atoms. The summed E-state index contributed by atoms with van der Waals surface area (Å²) in [6.07, 6.45) is 0. The number of phosphoric acid groups is 1. The van der Waals surface area contributed by atoms with Crippen LogP contribution in [0.3, 0.4) is 0 Å². The number of phosphoric ester groups is 1. The normalized spacial score (nSPS) is 15.5. The summed E-state index contributed by atoms with van der Waals surface area (Å²) in [7, 11) is -4.12. The SMILES string of the molecule is CCOP(=O)(O)Oc1c(C(C)(C)C)cc(C)cc1C(C)(C)C. The minimum atomic E-state index is -4.12. The molecule has 0 aromatic heterocycles.